The summed E-state index contributed by atoms with van der Waals surface area (Å²) in [5.74, 6) is 1.98. The summed E-state index contributed by atoms with van der Waals surface area (Å²) in [6.07, 6.45) is 1.90. The molecule has 1 aromatic rings. The molecule has 1 fully saturated rings. The van der Waals surface area contributed by atoms with Gasteiger partial charge in [0.25, 0.3) is 0 Å². The fourth-order valence-electron chi connectivity index (χ4n) is 2.62. The van der Waals surface area contributed by atoms with Gasteiger partial charge in [-0.25, -0.2) is 4.98 Å². The second kappa shape index (κ2) is 7.96. The largest absolute Gasteiger partial charge is 0.354 e. The van der Waals surface area contributed by atoms with E-state index in [9.17, 15) is 0 Å². The van der Waals surface area contributed by atoms with Gasteiger partial charge in [-0.3, -0.25) is 4.99 Å². The number of nitrogens with one attached hydrogen (secondary N) is 2. The van der Waals surface area contributed by atoms with Crippen molar-refractivity contribution in [1.82, 2.24) is 20.5 Å². The lowest BCUT2D eigenvalue weighted by molar-refractivity contribution is 0.312. The fourth-order valence-corrected chi connectivity index (χ4v) is 2.62. The maximum atomic E-state index is 4.51. The van der Waals surface area contributed by atoms with E-state index < -0.39 is 0 Å². The molecule has 22 heavy (non-hydrogen) atoms. The number of hydrogen-bond donors (Lipinski definition) is 2. The summed E-state index contributed by atoms with van der Waals surface area (Å²) in [6, 6.07) is 4.67. The Bertz CT molecular complexity index is 513. The van der Waals surface area contributed by atoms with E-state index in [1.807, 2.05) is 6.20 Å². The van der Waals surface area contributed by atoms with Crippen LogP contribution in [0, 0.1) is 0 Å². The minimum absolute atomic E-state index is 0. The normalized spacial score (nSPS) is 21.8. The Morgan fingerprint density at radius 2 is 2.09 bits per heavy atom. The van der Waals surface area contributed by atoms with Gasteiger partial charge < -0.3 is 20.4 Å². The van der Waals surface area contributed by atoms with Gasteiger partial charge in [0.05, 0.1) is 6.54 Å². The summed E-state index contributed by atoms with van der Waals surface area (Å²) >= 11 is 0. The Hall–Kier alpha value is -1.09. The zero-order chi connectivity index (χ0) is 14.7. The van der Waals surface area contributed by atoms with Crippen LogP contribution >= 0.6 is 24.0 Å². The van der Waals surface area contributed by atoms with E-state index in [4.69, 9.17) is 0 Å². The summed E-state index contributed by atoms with van der Waals surface area (Å²) in [7, 11) is 2.17. The van der Waals surface area contributed by atoms with Crippen molar-refractivity contribution >= 4 is 35.8 Å². The van der Waals surface area contributed by atoms with Crippen molar-refractivity contribution in [2.45, 2.75) is 19.5 Å². The first-order valence-electron chi connectivity index (χ1n) is 7.64. The highest BCUT2D eigenvalue weighted by Crippen LogP contribution is 2.14. The molecule has 2 N–H and O–H groups in total. The number of likely N-dealkylation sites (N-methyl/N-ethyl adjacent to an activating group) is 1. The predicted octanol–water partition coefficient (Wildman–Crippen LogP) is 0.889. The molecule has 1 saturated heterocycles. The van der Waals surface area contributed by atoms with Gasteiger partial charge in [-0.1, -0.05) is 0 Å². The smallest absolute Gasteiger partial charge is 0.191 e. The van der Waals surface area contributed by atoms with E-state index in [0.29, 0.717) is 6.04 Å². The highest BCUT2D eigenvalue weighted by molar-refractivity contribution is 14.0. The van der Waals surface area contributed by atoms with Crippen LogP contribution in [-0.4, -0.2) is 61.7 Å². The first-order chi connectivity index (χ1) is 10.2. The lowest BCUT2D eigenvalue weighted by atomic mass is 10.2. The molecule has 2 aliphatic rings. The average molecular weight is 416 g/mol. The monoisotopic (exact) mass is 416 g/mol. The number of piperazine rings is 1. The number of halogens is 1. The van der Waals surface area contributed by atoms with Crippen molar-refractivity contribution in [3.8, 4) is 0 Å². The van der Waals surface area contributed by atoms with E-state index in [1.165, 1.54) is 5.56 Å². The van der Waals surface area contributed by atoms with Crippen LogP contribution < -0.4 is 15.5 Å². The molecule has 1 unspecified atom stereocenters. The van der Waals surface area contributed by atoms with Gasteiger partial charge in [0, 0.05) is 45.0 Å². The molecular formula is C15H25IN6. The molecule has 122 valence electrons. The van der Waals surface area contributed by atoms with Gasteiger partial charge in [0.1, 0.15) is 5.82 Å². The van der Waals surface area contributed by atoms with E-state index in [1.54, 1.807) is 0 Å². The summed E-state index contributed by atoms with van der Waals surface area (Å²) in [4.78, 5) is 13.6. The first kappa shape index (κ1) is 17.3. The lowest BCUT2D eigenvalue weighted by Crippen LogP contribution is -2.44. The van der Waals surface area contributed by atoms with Crippen molar-refractivity contribution in [3.05, 3.63) is 23.9 Å². The van der Waals surface area contributed by atoms with Gasteiger partial charge in [0.15, 0.2) is 5.96 Å². The average Bonchev–Trinajstić information content (AvgIpc) is 2.92. The minimum Gasteiger partial charge on any atom is -0.354 e. The molecule has 0 spiro atoms. The Morgan fingerprint density at radius 1 is 1.32 bits per heavy atom. The number of hydrogen-bond acceptors (Lipinski definition) is 6. The number of rotatable bonds is 3. The Labute approximate surface area is 149 Å². The van der Waals surface area contributed by atoms with Crippen molar-refractivity contribution < 1.29 is 0 Å². The van der Waals surface area contributed by atoms with E-state index >= 15 is 0 Å². The van der Waals surface area contributed by atoms with Gasteiger partial charge in [-0.05, 0) is 31.7 Å². The molecule has 0 aromatic carbocycles. The van der Waals surface area contributed by atoms with Crippen LogP contribution in [-0.2, 0) is 6.54 Å². The number of anilines is 1. The van der Waals surface area contributed by atoms with Crippen molar-refractivity contribution in [2.24, 2.45) is 4.99 Å². The van der Waals surface area contributed by atoms with Crippen LogP contribution in [0.3, 0.4) is 0 Å². The number of pyridine rings is 1. The quantitative estimate of drug-likeness (QED) is 0.717. The molecule has 7 heteroatoms. The zero-order valence-electron chi connectivity index (χ0n) is 13.2. The molecule has 0 aliphatic carbocycles. The van der Waals surface area contributed by atoms with Crippen molar-refractivity contribution in [3.63, 3.8) is 0 Å². The highest BCUT2D eigenvalue weighted by Gasteiger charge is 2.16. The van der Waals surface area contributed by atoms with Crippen molar-refractivity contribution in [2.75, 3.05) is 44.7 Å². The van der Waals surface area contributed by atoms with Crippen LogP contribution in [0.5, 0.6) is 0 Å². The van der Waals surface area contributed by atoms with E-state index in [0.717, 1.165) is 51.0 Å². The second-order valence-electron chi connectivity index (χ2n) is 5.90. The Morgan fingerprint density at radius 3 is 2.77 bits per heavy atom. The van der Waals surface area contributed by atoms with Gasteiger partial charge >= 0.3 is 0 Å². The summed E-state index contributed by atoms with van der Waals surface area (Å²) in [6.45, 7) is 8.06. The Kier molecular flexibility index (Phi) is 6.25. The third kappa shape index (κ3) is 4.45. The molecule has 3 heterocycles. The first-order valence-corrected chi connectivity index (χ1v) is 7.64. The minimum atomic E-state index is 0. The summed E-state index contributed by atoms with van der Waals surface area (Å²) < 4.78 is 0. The number of aliphatic imine (C=N–C) groups is 1. The van der Waals surface area contributed by atoms with Crippen LogP contribution in [0.25, 0.3) is 0 Å². The predicted molar refractivity (Wildman–Crippen MR) is 101 cm³/mol. The highest BCUT2D eigenvalue weighted by atomic mass is 127. The van der Waals surface area contributed by atoms with Crippen molar-refractivity contribution in [1.29, 1.82) is 0 Å². The van der Waals surface area contributed by atoms with E-state index in [2.05, 4.69) is 56.5 Å². The zero-order valence-corrected chi connectivity index (χ0v) is 15.6. The fraction of sp³-hybridized carbons (Fsp3) is 0.600. The molecule has 1 atom stereocenters. The van der Waals surface area contributed by atoms with Gasteiger partial charge in [-0.15, -0.1) is 24.0 Å². The van der Waals surface area contributed by atoms with Crippen LogP contribution in [0.4, 0.5) is 5.82 Å². The Balaban J connectivity index is 0.00000176. The van der Waals surface area contributed by atoms with Crippen LogP contribution in [0.15, 0.2) is 23.3 Å². The molecule has 1 aromatic heterocycles. The van der Waals surface area contributed by atoms with Gasteiger partial charge in [-0.2, -0.15) is 0 Å². The number of aromatic nitrogens is 1. The summed E-state index contributed by atoms with van der Waals surface area (Å²) in [5.41, 5.74) is 1.24. The maximum Gasteiger partial charge on any atom is 0.191 e. The SMILES string of the molecule is CC1CN=C(NCc2ccnc(N3CCN(C)CC3)c2)N1.I. The molecule has 0 radical (unpaired) electrons. The number of nitrogens with zero attached hydrogens (tertiary/aromatic N) is 4. The summed E-state index contributed by atoms with van der Waals surface area (Å²) in [5, 5.41) is 6.66. The molecule has 6 nitrogen and oxygen atoms in total. The van der Waals surface area contributed by atoms with Crippen LogP contribution in [0.2, 0.25) is 0 Å². The molecule has 0 bridgehead atoms. The standard InChI is InChI=1S/C15H24N6.HI/c1-12-10-17-15(19-12)18-11-13-3-4-16-14(9-13)21-7-5-20(2)6-8-21;/h3-4,9,12H,5-8,10-11H2,1-2H3,(H2,17,18,19);1H. The molecule has 0 amide bonds. The molecule has 3 rings (SSSR count). The molecular weight excluding hydrogens is 391 g/mol. The van der Waals surface area contributed by atoms with Gasteiger partial charge in [0.2, 0.25) is 0 Å². The van der Waals surface area contributed by atoms with E-state index in [-0.39, 0.29) is 24.0 Å². The molecule has 2 aliphatic heterocycles. The maximum absolute atomic E-state index is 4.51. The second-order valence-corrected chi connectivity index (χ2v) is 5.90. The molecule has 0 saturated carbocycles. The third-order valence-corrected chi connectivity index (χ3v) is 4.00. The third-order valence-electron chi connectivity index (χ3n) is 4.00. The van der Waals surface area contributed by atoms with Crippen LogP contribution in [0.1, 0.15) is 12.5 Å². The lowest BCUT2D eigenvalue weighted by Gasteiger charge is -2.33. The number of guanidine groups is 1. The topological polar surface area (TPSA) is 55.8 Å².